The third kappa shape index (κ3) is 3.42. The molecule has 0 amide bonds. The summed E-state index contributed by atoms with van der Waals surface area (Å²) in [6.07, 6.45) is 0.863. The van der Waals surface area contributed by atoms with Crippen LogP contribution < -0.4 is 15.8 Å². The van der Waals surface area contributed by atoms with Crippen LogP contribution in [0.15, 0.2) is 42.5 Å². The molecule has 102 valence electrons. The van der Waals surface area contributed by atoms with Gasteiger partial charge < -0.3 is 15.8 Å². The molecular weight excluding hydrogens is 250 g/mol. The van der Waals surface area contributed by atoms with Crippen LogP contribution in [0.4, 0.5) is 11.4 Å². The van der Waals surface area contributed by atoms with Crippen molar-refractivity contribution in [2.24, 2.45) is 0 Å². The van der Waals surface area contributed by atoms with E-state index in [1.165, 1.54) is 5.56 Å². The smallest absolute Gasteiger partial charge is 0.121 e. The van der Waals surface area contributed by atoms with E-state index < -0.39 is 0 Å². The fourth-order valence-electron chi connectivity index (χ4n) is 1.92. The first-order valence-electron chi connectivity index (χ1n) is 6.39. The number of nitrogens with two attached hydrogens (primary N) is 1. The van der Waals surface area contributed by atoms with Crippen molar-refractivity contribution in [1.82, 2.24) is 0 Å². The Morgan fingerprint density at radius 1 is 1.20 bits per heavy atom. The quantitative estimate of drug-likeness (QED) is 0.817. The fraction of sp³-hybridized carbons (Fsp3) is 0.188. The van der Waals surface area contributed by atoms with Gasteiger partial charge in [-0.2, -0.15) is 5.26 Å². The number of anilines is 2. The van der Waals surface area contributed by atoms with E-state index in [1.807, 2.05) is 30.3 Å². The van der Waals surface area contributed by atoms with Gasteiger partial charge in [-0.15, -0.1) is 0 Å². The maximum atomic E-state index is 9.08. The van der Waals surface area contributed by atoms with Crippen LogP contribution in [0.3, 0.4) is 0 Å². The summed E-state index contributed by atoms with van der Waals surface area (Å²) in [7, 11) is 1.61. The van der Waals surface area contributed by atoms with Gasteiger partial charge in [0.15, 0.2) is 0 Å². The molecule has 4 nitrogen and oxygen atoms in total. The summed E-state index contributed by atoms with van der Waals surface area (Å²) in [6.45, 7) is 0.742. The van der Waals surface area contributed by atoms with Crippen LogP contribution in [0.5, 0.6) is 5.75 Å². The second-order valence-corrected chi connectivity index (χ2v) is 4.44. The third-order valence-electron chi connectivity index (χ3n) is 3.06. The zero-order chi connectivity index (χ0) is 14.4. The molecule has 2 rings (SSSR count). The Hall–Kier alpha value is -2.67. The number of hydrogen-bond acceptors (Lipinski definition) is 4. The average molecular weight is 267 g/mol. The van der Waals surface area contributed by atoms with Gasteiger partial charge >= 0.3 is 0 Å². The van der Waals surface area contributed by atoms with Crippen LogP contribution in [0.2, 0.25) is 0 Å². The first kappa shape index (κ1) is 13.8. The molecule has 0 aliphatic heterocycles. The molecular formula is C16H17N3O. The Bertz CT molecular complexity index is 615. The highest BCUT2D eigenvalue weighted by Gasteiger charge is 2.03. The molecule has 0 unspecified atom stereocenters. The minimum absolute atomic E-state index is 0.614. The van der Waals surface area contributed by atoms with Crippen molar-refractivity contribution in [3.05, 3.63) is 53.6 Å². The molecule has 2 aromatic rings. The molecule has 0 saturated heterocycles. The molecule has 20 heavy (non-hydrogen) atoms. The predicted octanol–water partition coefficient (Wildman–Crippen LogP) is 2.80. The van der Waals surface area contributed by atoms with Crippen LogP contribution in [0, 0.1) is 11.3 Å². The van der Waals surface area contributed by atoms with Crippen molar-refractivity contribution < 1.29 is 4.74 Å². The van der Waals surface area contributed by atoms with E-state index in [-0.39, 0.29) is 0 Å². The van der Waals surface area contributed by atoms with Crippen molar-refractivity contribution in [3.8, 4) is 11.8 Å². The number of nitrogens with zero attached hydrogens (tertiary/aromatic N) is 1. The van der Waals surface area contributed by atoms with Gasteiger partial charge in [0, 0.05) is 18.3 Å². The molecule has 3 N–H and O–H groups in total. The molecule has 0 aliphatic rings. The summed E-state index contributed by atoms with van der Waals surface area (Å²) in [5.74, 6) is 0.735. The van der Waals surface area contributed by atoms with E-state index in [2.05, 4.69) is 11.4 Å². The third-order valence-corrected chi connectivity index (χ3v) is 3.06. The molecule has 2 aromatic carbocycles. The number of nitrogens with one attached hydrogen (secondary N) is 1. The van der Waals surface area contributed by atoms with E-state index >= 15 is 0 Å². The molecule has 0 saturated carbocycles. The highest BCUT2D eigenvalue weighted by atomic mass is 16.5. The monoisotopic (exact) mass is 267 g/mol. The van der Waals surface area contributed by atoms with Crippen molar-refractivity contribution in [3.63, 3.8) is 0 Å². The Labute approximate surface area is 118 Å². The Morgan fingerprint density at radius 2 is 1.95 bits per heavy atom. The van der Waals surface area contributed by atoms with Gasteiger partial charge in [0.25, 0.3) is 0 Å². The Balaban J connectivity index is 2.00. The van der Waals surface area contributed by atoms with Crippen molar-refractivity contribution in [1.29, 1.82) is 5.26 Å². The normalized spacial score (nSPS) is 9.80. The summed E-state index contributed by atoms with van der Waals surface area (Å²) < 4.78 is 5.17. The summed E-state index contributed by atoms with van der Waals surface area (Å²) in [4.78, 5) is 0. The Morgan fingerprint density at radius 3 is 2.60 bits per heavy atom. The predicted molar refractivity (Wildman–Crippen MR) is 80.8 cm³/mol. The Kier molecular flexibility index (Phi) is 4.46. The van der Waals surface area contributed by atoms with E-state index in [0.29, 0.717) is 5.56 Å². The number of ether oxygens (including phenoxy) is 1. The molecule has 0 spiro atoms. The molecule has 0 atom stereocenters. The number of rotatable bonds is 5. The zero-order valence-corrected chi connectivity index (χ0v) is 11.4. The molecule has 4 heteroatoms. The van der Waals surface area contributed by atoms with Crippen LogP contribution in [-0.4, -0.2) is 13.7 Å². The number of benzene rings is 2. The lowest BCUT2D eigenvalue weighted by Gasteiger charge is -2.10. The van der Waals surface area contributed by atoms with Crippen molar-refractivity contribution >= 4 is 11.4 Å². The first-order chi connectivity index (χ1) is 9.72. The van der Waals surface area contributed by atoms with Gasteiger partial charge in [-0.3, -0.25) is 0 Å². The molecule has 0 fully saturated rings. The van der Waals surface area contributed by atoms with Gasteiger partial charge in [0.1, 0.15) is 11.8 Å². The van der Waals surface area contributed by atoms with Gasteiger partial charge in [0.05, 0.1) is 18.4 Å². The second kappa shape index (κ2) is 6.48. The van der Waals surface area contributed by atoms with Crippen LogP contribution >= 0.6 is 0 Å². The fourth-order valence-corrected chi connectivity index (χ4v) is 1.92. The molecule has 0 aliphatic carbocycles. The van der Waals surface area contributed by atoms with Crippen molar-refractivity contribution in [2.45, 2.75) is 6.42 Å². The molecule has 0 bridgehead atoms. The first-order valence-corrected chi connectivity index (χ1v) is 6.39. The van der Waals surface area contributed by atoms with Gasteiger partial charge in [-0.05, 0) is 36.2 Å². The highest BCUT2D eigenvalue weighted by molar-refractivity contribution is 5.60. The van der Waals surface area contributed by atoms with Crippen LogP contribution in [0.1, 0.15) is 11.1 Å². The molecule has 0 heterocycles. The van der Waals surface area contributed by atoms with Crippen LogP contribution in [-0.2, 0) is 6.42 Å². The molecule has 0 aromatic heterocycles. The highest BCUT2D eigenvalue weighted by Crippen LogP contribution is 2.21. The van der Waals surface area contributed by atoms with E-state index in [9.17, 15) is 0 Å². The van der Waals surface area contributed by atoms with Gasteiger partial charge in [-0.1, -0.05) is 12.1 Å². The minimum atomic E-state index is 0.614. The largest absolute Gasteiger partial charge is 0.497 e. The maximum Gasteiger partial charge on any atom is 0.121 e. The van der Waals surface area contributed by atoms with E-state index in [0.717, 1.165) is 30.1 Å². The minimum Gasteiger partial charge on any atom is -0.497 e. The lowest BCUT2D eigenvalue weighted by atomic mass is 10.1. The lowest BCUT2D eigenvalue weighted by Crippen LogP contribution is -2.06. The SMILES string of the molecule is COc1ccc(C#N)c(NCCc2ccc(N)cc2)c1. The van der Waals surface area contributed by atoms with Gasteiger partial charge in [0.2, 0.25) is 0 Å². The number of hydrogen-bond donors (Lipinski definition) is 2. The summed E-state index contributed by atoms with van der Waals surface area (Å²) >= 11 is 0. The van der Waals surface area contributed by atoms with Crippen LogP contribution in [0.25, 0.3) is 0 Å². The lowest BCUT2D eigenvalue weighted by molar-refractivity contribution is 0.415. The van der Waals surface area contributed by atoms with Gasteiger partial charge in [-0.25, -0.2) is 0 Å². The van der Waals surface area contributed by atoms with Crippen molar-refractivity contribution in [2.75, 3.05) is 24.7 Å². The zero-order valence-electron chi connectivity index (χ0n) is 11.4. The standard InChI is InChI=1S/C16H17N3O/c1-20-15-7-4-13(11-17)16(10-15)19-9-8-12-2-5-14(18)6-3-12/h2-7,10,19H,8-9,18H2,1H3. The second-order valence-electron chi connectivity index (χ2n) is 4.44. The summed E-state index contributed by atoms with van der Waals surface area (Å²) in [6, 6.07) is 15.3. The number of nitrogen functional groups attached to an aromatic ring is 1. The molecule has 0 radical (unpaired) electrons. The maximum absolute atomic E-state index is 9.08. The average Bonchev–Trinajstić information content (AvgIpc) is 2.49. The van der Waals surface area contributed by atoms with E-state index in [4.69, 9.17) is 15.7 Å². The summed E-state index contributed by atoms with van der Waals surface area (Å²) in [5.41, 5.74) is 9.03. The summed E-state index contributed by atoms with van der Waals surface area (Å²) in [5, 5.41) is 12.4. The topological polar surface area (TPSA) is 71.1 Å². The number of nitriles is 1. The van der Waals surface area contributed by atoms with E-state index in [1.54, 1.807) is 19.2 Å². The number of methoxy groups -OCH3 is 1.